The van der Waals surface area contributed by atoms with Crippen LogP contribution >= 0.6 is 0 Å². The maximum absolute atomic E-state index is 12.6. The number of amides is 1. The van der Waals surface area contributed by atoms with Crippen molar-refractivity contribution in [2.45, 2.75) is 25.6 Å². The molecule has 10 heteroatoms. The lowest BCUT2D eigenvalue weighted by atomic mass is 10.2. The molecule has 0 aromatic carbocycles. The maximum atomic E-state index is 12.6. The molecule has 2 heterocycles. The molecule has 2 N–H and O–H groups in total. The van der Waals surface area contributed by atoms with E-state index in [1.54, 1.807) is 6.92 Å². The molecule has 2 aromatic heterocycles. The summed E-state index contributed by atoms with van der Waals surface area (Å²) in [5, 5.41) is 14.4. The Bertz CT molecular complexity index is 672. The first-order valence-corrected chi connectivity index (χ1v) is 6.18. The molecule has 0 saturated carbocycles. The van der Waals surface area contributed by atoms with Gasteiger partial charge < -0.3 is 14.9 Å². The van der Waals surface area contributed by atoms with Gasteiger partial charge in [0.15, 0.2) is 0 Å². The second-order valence-corrected chi connectivity index (χ2v) is 4.29. The molecule has 0 radical (unpaired) electrons. The Balaban J connectivity index is 2.30. The van der Waals surface area contributed by atoms with Crippen molar-refractivity contribution in [1.82, 2.24) is 20.4 Å². The number of hydrogen-bond acceptors (Lipinski definition) is 5. The van der Waals surface area contributed by atoms with Crippen LogP contribution in [-0.4, -0.2) is 26.3 Å². The predicted molar refractivity (Wildman–Crippen MR) is 66.7 cm³/mol. The van der Waals surface area contributed by atoms with Gasteiger partial charge in [-0.1, -0.05) is 12.1 Å². The number of carbonyl (C=O) groups is 1. The summed E-state index contributed by atoms with van der Waals surface area (Å²) in [6.45, 7) is 1.69. The quantitative estimate of drug-likeness (QED) is 0.899. The van der Waals surface area contributed by atoms with Gasteiger partial charge in [-0.15, -0.1) is 0 Å². The Morgan fingerprint density at radius 3 is 2.82 bits per heavy atom. The Morgan fingerprint density at radius 2 is 2.23 bits per heavy atom. The third-order valence-electron chi connectivity index (χ3n) is 2.75. The third kappa shape index (κ3) is 3.51. The van der Waals surface area contributed by atoms with Crippen molar-refractivity contribution in [2.24, 2.45) is 0 Å². The van der Waals surface area contributed by atoms with Crippen molar-refractivity contribution in [3.8, 4) is 11.4 Å². The topological polar surface area (TPSA) is 101 Å². The zero-order valence-corrected chi connectivity index (χ0v) is 11.3. The van der Waals surface area contributed by atoms with Gasteiger partial charge in [-0.3, -0.25) is 4.98 Å². The zero-order chi connectivity index (χ0) is 16.3. The molecular formula is C12H11F3N4O3. The highest BCUT2D eigenvalue weighted by atomic mass is 19.4. The van der Waals surface area contributed by atoms with Crippen molar-refractivity contribution in [3.63, 3.8) is 0 Å². The standard InChI is InChI=1S/C12H11F3N4O3/c1-2-7(17-11(20)21)10-18-9(19-22-10)6-3-4-16-8(5-6)12(13,14)15/h3-5,7,17H,2H2,1H3,(H,20,21)/t7-/m0/s1. The maximum Gasteiger partial charge on any atom is 0.433 e. The number of rotatable bonds is 4. The number of alkyl halides is 3. The SMILES string of the molecule is CC[C@H](NC(=O)O)c1nc(-c2ccnc(C(F)(F)F)c2)no1. The minimum atomic E-state index is -4.58. The lowest BCUT2D eigenvalue weighted by Crippen LogP contribution is -2.26. The smallest absolute Gasteiger partial charge is 0.433 e. The molecule has 118 valence electrons. The molecule has 22 heavy (non-hydrogen) atoms. The van der Waals surface area contributed by atoms with E-state index in [0.717, 1.165) is 12.3 Å². The van der Waals surface area contributed by atoms with Gasteiger partial charge in [0, 0.05) is 11.8 Å². The van der Waals surface area contributed by atoms with E-state index in [2.05, 4.69) is 20.4 Å². The van der Waals surface area contributed by atoms with E-state index in [1.165, 1.54) is 6.07 Å². The van der Waals surface area contributed by atoms with Gasteiger partial charge in [-0.2, -0.15) is 18.2 Å². The number of hydrogen-bond donors (Lipinski definition) is 2. The lowest BCUT2D eigenvalue weighted by molar-refractivity contribution is -0.141. The first-order chi connectivity index (χ1) is 10.3. The average Bonchev–Trinajstić information content (AvgIpc) is 2.93. The molecule has 7 nitrogen and oxygen atoms in total. The van der Waals surface area contributed by atoms with Crippen LogP contribution in [0.1, 0.15) is 31.0 Å². The van der Waals surface area contributed by atoms with Crippen molar-refractivity contribution < 1.29 is 27.6 Å². The molecule has 0 saturated heterocycles. The molecule has 0 aliphatic rings. The molecule has 0 unspecified atom stereocenters. The highest BCUT2D eigenvalue weighted by Gasteiger charge is 2.33. The summed E-state index contributed by atoms with van der Waals surface area (Å²) in [5.41, 5.74) is -1.01. The summed E-state index contributed by atoms with van der Waals surface area (Å²) in [5.74, 6) is -0.0983. The van der Waals surface area contributed by atoms with Crippen LogP contribution in [-0.2, 0) is 6.18 Å². The number of aromatic nitrogens is 3. The highest BCUT2D eigenvalue weighted by Crippen LogP contribution is 2.30. The average molecular weight is 316 g/mol. The fraction of sp³-hybridized carbons (Fsp3) is 0.333. The van der Waals surface area contributed by atoms with E-state index in [0.29, 0.717) is 6.42 Å². The van der Waals surface area contributed by atoms with E-state index < -0.39 is 24.0 Å². The van der Waals surface area contributed by atoms with E-state index in [4.69, 9.17) is 9.63 Å². The van der Waals surface area contributed by atoms with Gasteiger partial charge in [0.1, 0.15) is 11.7 Å². The van der Waals surface area contributed by atoms with E-state index >= 15 is 0 Å². The Hall–Kier alpha value is -2.65. The van der Waals surface area contributed by atoms with E-state index in [9.17, 15) is 18.0 Å². The Morgan fingerprint density at radius 1 is 1.50 bits per heavy atom. The summed E-state index contributed by atoms with van der Waals surface area (Å²) in [6.07, 6.45) is -4.52. The fourth-order valence-corrected chi connectivity index (χ4v) is 1.71. The lowest BCUT2D eigenvalue weighted by Gasteiger charge is -2.08. The van der Waals surface area contributed by atoms with Crippen LogP contribution in [0.2, 0.25) is 0 Å². The van der Waals surface area contributed by atoms with Crippen LogP contribution in [0.15, 0.2) is 22.9 Å². The third-order valence-corrected chi connectivity index (χ3v) is 2.75. The van der Waals surface area contributed by atoms with Gasteiger partial charge in [-0.25, -0.2) is 4.79 Å². The van der Waals surface area contributed by atoms with Crippen LogP contribution in [0.4, 0.5) is 18.0 Å². The number of halogens is 3. The number of nitrogens with zero attached hydrogens (tertiary/aromatic N) is 3. The minimum Gasteiger partial charge on any atom is -0.465 e. The largest absolute Gasteiger partial charge is 0.465 e. The molecule has 1 amide bonds. The van der Waals surface area contributed by atoms with Gasteiger partial charge in [-0.05, 0) is 18.6 Å². The van der Waals surface area contributed by atoms with E-state index in [1.807, 2.05) is 0 Å². The van der Waals surface area contributed by atoms with Crippen molar-refractivity contribution in [2.75, 3.05) is 0 Å². The molecular weight excluding hydrogens is 305 g/mol. The molecule has 0 bridgehead atoms. The van der Waals surface area contributed by atoms with Crippen molar-refractivity contribution in [3.05, 3.63) is 29.9 Å². The van der Waals surface area contributed by atoms with Crippen molar-refractivity contribution in [1.29, 1.82) is 0 Å². The summed E-state index contributed by atoms with van der Waals surface area (Å²) in [6, 6.07) is 1.36. The Kier molecular flexibility index (Phi) is 4.29. The number of pyridine rings is 1. The second kappa shape index (κ2) is 6.00. The first kappa shape index (κ1) is 15.7. The molecule has 0 fully saturated rings. The normalized spacial score (nSPS) is 12.9. The zero-order valence-electron chi connectivity index (χ0n) is 11.3. The fourth-order valence-electron chi connectivity index (χ4n) is 1.71. The molecule has 2 aromatic rings. The summed E-state index contributed by atoms with van der Waals surface area (Å²) in [4.78, 5) is 17.8. The summed E-state index contributed by atoms with van der Waals surface area (Å²) in [7, 11) is 0. The molecule has 2 rings (SSSR count). The molecule has 0 aliphatic carbocycles. The first-order valence-electron chi connectivity index (χ1n) is 6.18. The van der Waals surface area contributed by atoms with Crippen LogP contribution in [0.5, 0.6) is 0 Å². The van der Waals surface area contributed by atoms with Crippen LogP contribution in [0.3, 0.4) is 0 Å². The van der Waals surface area contributed by atoms with E-state index in [-0.39, 0.29) is 17.3 Å². The van der Waals surface area contributed by atoms with Crippen LogP contribution in [0.25, 0.3) is 11.4 Å². The van der Waals surface area contributed by atoms with Gasteiger partial charge >= 0.3 is 12.3 Å². The van der Waals surface area contributed by atoms with Crippen molar-refractivity contribution >= 4 is 6.09 Å². The minimum absolute atomic E-state index is 0.0229. The number of carboxylic acid groups (broad SMARTS) is 1. The van der Waals surface area contributed by atoms with Gasteiger partial charge in [0.2, 0.25) is 11.7 Å². The monoisotopic (exact) mass is 316 g/mol. The highest BCUT2D eigenvalue weighted by molar-refractivity contribution is 5.65. The summed E-state index contributed by atoms with van der Waals surface area (Å²) >= 11 is 0. The van der Waals surface area contributed by atoms with Gasteiger partial charge in [0.05, 0.1) is 0 Å². The Labute approximate surface area is 122 Å². The van der Waals surface area contributed by atoms with Crippen LogP contribution < -0.4 is 5.32 Å². The molecule has 0 spiro atoms. The number of nitrogens with one attached hydrogen (secondary N) is 1. The second-order valence-electron chi connectivity index (χ2n) is 4.29. The van der Waals surface area contributed by atoms with Crippen LogP contribution in [0, 0.1) is 0 Å². The predicted octanol–water partition coefficient (Wildman–Crippen LogP) is 2.87. The van der Waals surface area contributed by atoms with Gasteiger partial charge in [0.25, 0.3) is 0 Å². The summed E-state index contributed by atoms with van der Waals surface area (Å²) < 4.78 is 42.7. The molecule has 1 atom stereocenters. The molecule has 0 aliphatic heterocycles.